The summed E-state index contributed by atoms with van der Waals surface area (Å²) < 4.78 is 9.66. The molecule has 0 aliphatic carbocycles. The number of carbonyl (C=O) groups is 5. The Morgan fingerprint density at radius 1 is 0.805 bits per heavy atom. The first-order valence-corrected chi connectivity index (χ1v) is 14.0. The van der Waals surface area contributed by atoms with Crippen LogP contribution in [0.3, 0.4) is 0 Å². The van der Waals surface area contributed by atoms with Gasteiger partial charge in [-0.2, -0.15) is 0 Å². The van der Waals surface area contributed by atoms with Crippen LogP contribution in [-0.4, -0.2) is 69.6 Å². The van der Waals surface area contributed by atoms with Crippen molar-refractivity contribution >= 4 is 29.8 Å². The van der Waals surface area contributed by atoms with Crippen LogP contribution in [0.2, 0.25) is 0 Å². The molecule has 0 saturated heterocycles. The average Bonchev–Trinajstić information content (AvgIpc) is 2.85. The Morgan fingerprint density at radius 2 is 1.34 bits per heavy atom. The molecule has 11 nitrogen and oxygen atoms in total. The molecule has 0 rings (SSSR count). The fraction of sp³-hybridized carbons (Fsp3) is 0.700. The normalized spacial score (nSPS) is 18.2. The number of hydrogen-bond donors (Lipinski definition) is 4. The summed E-state index contributed by atoms with van der Waals surface area (Å²) in [5.74, 6) is -9.36. The smallest absolute Gasteiger partial charge is 0.346 e. The third kappa shape index (κ3) is 13.8. The number of carbonyl (C=O) groups excluding carboxylic acids is 2. The quantitative estimate of drug-likeness (QED) is 0.0962. The number of esters is 2. The second-order valence-corrected chi connectivity index (χ2v) is 11.4. The highest BCUT2D eigenvalue weighted by molar-refractivity contribution is 5.91. The number of rotatable bonds is 19. The second kappa shape index (κ2) is 18.3. The molecule has 0 spiro atoms. The zero-order valence-corrected chi connectivity index (χ0v) is 25.5. The fourth-order valence-corrected chi connectivity index (χ4v) is 5.06. The van der Waals surface area contributed by atoms with Gasteiger partial charge in [-0.25, -0.2) is 14.4 Å². The van der Waals surface area contributed by atoms with E-state index in [0.29, 0.717) is 17.8 Å². The SMILES string of the molecule is CCC(C)CC(C)CC(C)CC(C)/C=C(C)/C=C(/CC(C)C(=O)OC(C(=O)O)C(C(=O)O)C(O)C(=O)O)C(=O)OC. The second-order valence-electron chi connectivity index (χ2n) is 11.4. The highest BCUT2D eigenvalue weighted by Gasteiger charge is 2.45. The first-order chi connectivity index (χ1) is 18.9. The van der Waals surface area contributed by atoms with Crippen LogP contribution in [0.25, 0.3) is 0 Å². The maximum absolute atomic E-state index is 12.7. The Morgan fingerprint density at radius 3 is 1.80 bits per heavy atom. The monoisotopic (exact) mass is 584 g/mol. The zero-order valence-electron chi connectivity index (χ0n) is 25.5. The van der Waals surface area contributed by atoms with Crippen LogP contribution in [0.4, 0.5) is 0 Å². The van der Waals surface area contributed by atoms with Gasteiger partial charge in [0.25, 0.3) is 0 Å². The summed E-state index contributed by atoms with van der Waals surface area (Å²) >= 11 is 0. The zero-order chi connectivity index (χ0) is 32.0. The Hall–Kier alpha value is -3.21. The summed E-state index contributed by atoms with van der Waals surface area (Å²) in [4.78, 5) is 59.3. The summed E-state index contributed by atoms with van der Waals surface area (Å²) in [5.41, 5.74) is 0.873. The first-order valence-electron chi connectivity index (χ1n) is 14.0. The van der Waals surface area contributed by atoms with Crippen molar-refractivity contribution in [2.24, 2.45) is 35.5 Å². The molecule has 0 aliphatic heterocycles. The van der Waals surface area contributed by atoms with E-state index >= 15 is 0 Å². The predicted octanol–water partition coefficient (Wildman–Crippen LogP) is 4.33. The van der Waals surface area contributed by atoms with E-state index in [1.165, 1.54) is 26.9 Å². The summed E-state index contributed by atoms with van der Waals surface area (Å²) in [6.45, 7) is 14.2. The van der Waals surface area contributed by atoms with Gasteiger partial charge in [-0.1, -0.05) is 59.6 Å². The largest absolute Gasteiger partial charge is 0.481 e. The van der Waals surface area contributed by atoms with Gasteiger partial charge in [0.05, 0.1) is 13.0 Å². The van der Waals surface area contributed by atoms with Gasteiger partial charge in [-0.05, 0) is 62.4 Å². The number of ether oxygens (including phenoxy) is 2. The van der Waals surface area contributed by atoms with E-state index in [9.17, 15) is 39.3 Å². The van der Waals surface area contributed by atoms with Gasteiger partial charge in [0.15, 0.2) is 6.10 Å². The maximum atomic E-state index is 12.7. The molecule has 0 amide bonds. The van der Waals surface area contributed by atoms with Crippen LogP contribution in [0.15, 0.2) is 23.3 Å². The molecule has 0 saturated carbocycles. The highest BCUT2D eigenvalue weighted by atomic mass is 16.6. The number of allylic oxidation sites excluding steroid dienone is 3. The number of aliphatic hydroxyl groups excluding tert-OH is 1. The van der Waals surface area contributed by atoms with Gasteiger partial charge in [-0.15, -0.1) is 0 Å². The number of aliphatic hydroxyl groups is 1. The lowest BCUT2D eigenvalue weighted by Crippen LogP contribution is -2.48. The standard InChI is InChI=1S/C30H48O11/c1-9-16(2)10-17(3)11-18(4)12-19(5)13-20(6)14-22(30(39)40-8)15-21(7)29(38)41-25(28(36)37)23(26(32)33)24(31)27(34)35/h13-14,16-19,21,23-25,31H,9-12,15H2,1-8H3,(H,32,33)(H,34,35)(H,36,37)/b20-13+,22-14-. The van der Waals surface area contributed by atoms with Crippen molar-refractivity contribution in [3.63, 3.8) is 0 Å². The number of aliphatic carboxylic acids is 3. The van der Waals surface area contributed by atoms with Crippen molar-refractivity contribution in [1.29, 1.82) is 0 Å². The van der Waals surface area contributed by atoms with Crippen molar-refractivity contribution in [3.05, 3.63) is 23.3 Å². The molecule has 234 valence electrons. The van der Waals surface area contributed by atoms with Crippen molar-refractivity contribution in [2.45, 2.75) is 92.8 Å². The summed E-state index contributed by atoms with van der Waals surface area (Å²) in [6.07, 6.45) is 2.70. The molecule has 0 heterocycles. The number of methoxy groups -OCH3 is 1. The highest BCUT2D eigenvalue weighted by Crippen LogP contribution is 2.27. The molecule has 8 unspecified atom stereocenters. The van der Waals surface area contributed by atoms with Gasteiger partial charge in [0, 0.05) is 5.57 Å². The molecule has 0 aliphatic rings. The molecule has 11 heteroatoms. The Balaban J connectivity index is 5.63. The van der Waals surface area contributed by atoms with Gasteiger partial charge >= 0.3 is 29.8 Å². The Labute approximate surface area is 242 Å². The molecule has 0 bridgehead atoms. The molecule has 4 N–H and O–H groups in total. The Bertz CT molecular complexity index is 967. The van der Waals surface area contributed by atoms with E-state index in [1.54, 1.807) is 6.08 Å². The van der Waals surface area contributed by atoms with E-state index < -0.39 is 53.9 Å². The molecule has 41 heavy (non-hydrogen) atoms. The van der Waals surface area contributed by atoms with Crippen LogP contribution in [0.5, 0.6) is 0 Å². The van der Waals surface area contributed by atoms with E-state index in [-0.39, 0.29) is 17.9 Å². The molecular formula is C30H48O11. The van der Waals surface area contributed by atoms with E-state index in [1.807, 2.05) is 13.0 Å². The molecule has 0 aromatic heterocycles. The summed E-state index contributed by atoms with van der Waals surface area (Å²) in [5, 5.41) is 37.3. The number of carboxylic acid groups (broad SMARTS) is 3. The van der Waals surface area contributed by atoms with E-state index in [2.05, 4.69) is 34.6 Å². The van der Waals surface area contributed by atoms with Crippen LogP contribution in [0, 0.1) is 35.5 Å². The van der Waals surface area contributed by atoms with Crippen LogP contribution >= 0.6 is 0 Å². The van der Waals surface area contributed by atoms with Gasteiger partial charge in [0.2, 0.25) is 6.10 Å². The van der Waals surface area contributed by atoms with Crippen LogP contribution in [0.1, 0.15) is 80.6 Å². The van der Waals surface area contributed by atoms with Gasteiger partial charge < -0.3 is 29.9 Å². The predicted molar refractivity (Wildman–Crippen MR) is 151 cm³/mol. The lowest BCUT2D eigenvalue weighted by Gasteiger charge is -2.24. The minimum absolute atomic E-state index is 0.111. The number of carboxylic acids is 3. The summed E-state index contributed by atoms with van der Waals surface area (Å²) in [7, 11) is 1.17. The lowest BCUT2D eigenvalue weighted by molar-refractivity contribution is -0.183. The molecule has 8 atom stereocenters. The molecule has 0 radical (unpaired) electrons. The fourth-order valence-electron chi connectivity index (χ4n) is 5.06. The van der Waals surface area contributed by atoms with Crippen LogP contribution < -0.4 is 0 Å². The van der Waals surface area contributed by atoms with Crippen molar-refractivity contribution in [1.82, 2.24) is 0 Å². The molecular weight excluding hydrogens is 536 g/mol. The third-order valence-electron chi connectivity index (χ3n) is 7.10. The first kappa shape index (κ1) is 37.8. The Kier molecular flexibility index (Phi) is 16.8. The topological polar surface area (TPSA) is 185 Å². The molecule has 0 aromatic rings. The average molecular weight is 585 g/mol. The molecule has 0 fully saturated rings. The minimum Gasteiger partial charge on any atom is -0.481 e. The molecule has 0 aromatic carbocycles. The van der Waals surface area contributed by atoms with Crippen molar-refractivity contribution < 1.29 is 53.9 Å². The van der Waals surface area contributed by atoms with Crippen LogP contribution in [-0.2, 0) is 33.4 Å². The van der Waals surface area contributed by atoms with Gasteiger partial charge in [-0.3, -0.25) is 9.59 Å². The van der Waals surface area contributed by atoms with Gasteiger partial charge in [0.1, 0.15) is 5.92 Å². The van der Waals surface area contributed by atoms with Crippen molar-refractivity contribution in [3.8, 4) is 0 Å². The number of hydrogen-bond acceptors (Lipinski definition) is 8. The van der Waals surface area contributed by atoms with Crippen molar-refractivity contribution in [2.75, 3.05) is 7.11 Å². The minimum atomic E-state index is -2.64. The van der Waals surface area contributed by atoms with E-state index in [4.69, 9.17) is 14.6 Å². The maximum Gasteiger partial charge on any atom is 0.346 e. The summed E-state index contributed by atoms with van der Waals surface area (Å²) in [6, 6.07) is 0. The van der Waals surface area contributed by atoms with E-state index in [0.717, 1.165) is 18.4 Å². The lowest BCUT2D eigenvalue weighted by atomic mass is 9.84. The third-order valence-corrected chi connectivity index (χ3v) is 7.10.